The zero-order chi connectivity index (χ0) is 19.5. The first-order valence-electron chi connectivity index (χ1n) is 10.4. The summed E-state index contributed by atoms with van der Waals surface area (Å²) in [6.45, 7) is 2.77. The highest BCUT2D eigenvalue weighted by molar-refractivity contribution is 7.14. The summed E-state index contributed by atoms with van der Waals surface area (Å²) < 4.78 is 0. The molecule has 1 fully saturated rings. The Morgan fingerprint density at radius 3 is 2.86 bits per heavy atom. The van der Waals surface area contributed by atoms with E-state index in [1.54, 1.807) is 0 Å². The average molecular weight is 398 g/mol. The van der Waals surface area contributed by atoms with Crippen molar-refractivity contribution in [1.82, 2.24) is 4.98 Å². The van der Waals surface area contributed by atoms with Crippen LogP contribution in [0.2, 0.25) is 0 Å². The molecule has 2 aromatic rings. The number of hydrogen-bond donors (Lipinski definition) is 1. The quantitative estimate of drug-likeness (QED) is 0.771. The van der Waals surface area contributed by atoms with Gasteiger partial charge >= 0.3 is 0 Å². The summed E-state index contributed by atoms with van der Waals surface area (Å²) >= 11 is 1.45. The minimum absolute atomic E-state index is 0.00854. The third kappa shape index (κ3) is 3.97. The van der Waals surface area contributed by atoms with E-state index in [1.165, 1.54) is 36.2 Å². The molecule has 1 N–H and O–H groups in total. The predicted octanol–water partition coefficient (Wildman–Crippen LogP) is 5.02. The second-order valence-electron chi connectivity index (χ2n) is 7.75. The summed E-state index contributed by atoms with van der Waals surface area (Å²) in [4.78, 5) is 31.3. The molecule has 2 amide bonds. The number of aromatic nitrogens is 1. The van der Waals surface area contributed by atoms with Crippen LogP contribution in [0.1, 0.15) is 57.4 Å². The lowest BCUT2D eigenvalue weighted by molar-refractivity contribution is -0.123. The van der Waals surface area contributed by atoms with Crippen LogP contribution < -0.4 is 10.2 Å². The van der Waals surface area contributed by atoms with E-state index in [2.05, 4.69) is 22.4 Å². The zero-order valence-electron chi connectivity index (χ0n) is 16.4. The first kappa shape index (κ1) is 19.1. The first-order chi connectivity index (χ1) is 13.7. The third-order valence-corrected chi connectivity index (χ3v) is 6.48. The van der Waals surface area contributed by atoms with Gasteiger partial charge in [-0.2, -0.15) is 0 Å². The van der Waals surface area contributed by atoms with Crippen molar-refractivity contribution in [2.24, 2.45) is 5.92 Å². The van der Waals surface area contributed by atoms with Crippen molar-refractivity contribution < 1.29 is 9.59 Å². The van der Waals surface area contributed by atoms with Crippen LogP contribution in [0, 0.1) is 5.92 Å². The lowest BCUT2D eigenvalue weighted by atomic mass is 9.88. The molecule has 1 aromatic carbocycles. The van der Waals surface area contributed by atoms with Crippen LogP contribution in [-0.2, 0) is 16.0 Å². The molecule has 2 heterocycles. The SMILES string of the molecule is CCCC(=O)Nc1nc(-c2ccc3c(c2)CCN3C(=O)C2CCCCC2)cs1. The molecular formula is C22H27N3O2S. The van der Waals surface area contributed by atoms with E-state index in [1.807, 2.05) is 23.3 Å². The molecule has 0 atom stereocenters. The van der Waals surface area contributed by atoms with Gasteiger partial charge in [-0.1, -0.05) is 32.3 Å². The van der Waals surface area contributed by atoms with Gasteiger partial charge in [0.15, 0.2) is 5.13 Å². The smallest absolute Gasteiger partial charge is 0.230 e. The molecule has 4 rings (SSSR count). The molecule has 28 heavy (non-hydrogen) atoms. The molecule has 148 valence electrons. The number of nitrogens with zero attached hydrogens (tertiary/aromatic N) is 2. The highest BCUT2D eigenvalue weighted by Gasteiger charge is 2.31. The van der Waals surface area contributed by atoms with Crippen molar-refractivity contribution in [3.63, 3.8) is 0 Å². The molecule has 1 aromatic heterocycles. The maximum absolute atomic E-state index is 13.0. The van der Waals surface area contributed by atoms with Crippen molar-refractivity contribution in [2.75, 3.05) is 16.8 Å². The van der Waals surface area contributed by atoms with Gasteiger partial charge in [0, 0.05) is 35.5 Å². The van der Waals surface area contributed by atoms with Crippen LogP contribution in [0.3, 0.4) is 0 Å². The van der Waals surface area contributed by atoms with Crippen LogP contribution in [0.15, 0.2) is 23.6 Å². The van der Waals surface area contributed by atoms with E-state index in [4.69, 9.17) is 0 Å². The van der Waals surface area contributed by atoms with Crippen molar-refractivity contribution >= 4 is 34.0 Å². The molecule has 0 unspecified atom stereocenters. The normalized spacial score (nSPS) is 16.8. The summed E-state index contributed by atoms with van der Waals surface area (Å²) in [6.07, 6.45) is 7.92. The van der Waals surface area contributed by atoms with Gasteiger partial charge in [-0.15, -0.1) is 11.3 Å². The van der Waals surface area contributed by atoms with E-state index in [-0.39, 0.29) is 11.8 Å². The Bertz CT molecular complexity index is 870. The third-order valence-electron chi connectivity index (χ3n) is 5.72. The Hall–Kier alpha value is -2.21. The number of nitrogens with one attached hydrogen (secondary N) is 1. The van der Waals surface area contributed by atoms with Crippen molar-refractivity contribution in [3.05, 3.63) is 29.1 Å². The van der Waals surface area contributed by atoms with Crippen molar-refractivity contribution in [3.8, 4) is 11.3 Å². The molecule has 0 bridgehead atoms. The van der Waals surface area contributed by atoms with Gasteiger partial charge in [-0.25, -0.2) is 4.98 Å². The molecule has 5 nitrogen and oxygen atoms in total. The molecular weight excluding hydrogens is 370 g/mol. The monoisotopic (exact) mass is 397 g/mol. The lowest BCUT2D eigenvalue weighted by Crippen LogP contribution is -2.35. The Labute approximate surface area is 170 Å². The Morgan fingerprint density at radius 2 is 2.07 bits per heavy atom. The summed E-state index contributed by atoms with van der Waals surface area (Å²) in [7, 11) is 0. The maximum atomic E-state index is 13.0. The molecule has 1 saturated carbocycles. The molecule has 0 radical (unpaired) electrons. The van der Waals surface area contributed by atoms with Crippen LogP contribution >= 0.6 is 11.3 Å². The van der Waals surface area contributed by atoms with E-state index < -0.39 is 0 Å². The average Bonchev–Trinajstić information content (AvgIpc) is 3.34. The van der Waals surface area contributed by atoms with Crippen molar-refractivity contribution in [1.29, 1.82) is 0 Å². The van der Waals surface area contributed by atoms with Gasteiger partial charge in [0.05, 0.1) is 5.69 Å². The molecule has 1 aliphatic heterocycles. The molecule has 0 saturated heterocycles. The van der Waals surface area contributed by atoms with E-state index in [9.17, 15) is 9.59 Å². The predicted molar refractivity (Wildman–Crippen MR) is 114 cm³/mol. The number of benzene rings is 1. The maximum Gasteiger partial charge on any atom is 0.230 e. The fourth-order valence-electron chi connectivity index (χ4n) is 4.23. The molecule has 1 aliphatic carbocycles. The van der Waals surface area contributed by atoms with Crippen LogP contribution in [0.4, 0.5) is 10.8 Å². The van der Waals surface area contributed by atoms with Crippen LogP contribution in [-0.4, -0.2) is 23.3 Å². The zero-order valence-corrected chi connectivity index (χ0v) is 17.2. The molecule has 6 heteroatoms. The van der Waals surface area contributed by atoms with E-state index in [0.29, 0.717) is 17.5 Å². The van der Waals surface area contributed by atoms with Gasteiger partial charge in [-0.05, 0) is 43.4 Å². The Balaban J connectivity index is 1.48. The summed E-state index contributed by atoms with van der Waals surface area (Å²) in [5.41, 5.74) is 4.19. The Morgan fingerprint density at radius 1 is 1.25 bits per heavy atom. The number of hydrogen-bond acceptors (Lipinski definition) is 4. The number of thiazole rings is 1. The number of carbonyl (C=O) groups is 2. The first-order valence-corrected chi connectivity index (χ1v) is 11.2. The number of fused-ring (bicyclic) bond motifs is 1. The number of anilines is 2. The fraction of sp³-hybridized carbons (Fsp3) is 0.500. The minimum atomic E-state index is 0.00854. The van der Waals surface area contributed by atoms with Gasteiger partial charge in [0.1, 0.15) is 0 Å². The van der Waals surface area contributed by atoms with Gasteiger partial charge in [0.25, 0.3) is 0 Å². The van der Waals surface area contributed by atoms with E-state index >= 15 is 0 Å². The largest absolute Gasteiger partial charge is 0.312 e. The number of amides is 2. The summed E-state index contributed by atoms with van der Waals surface area (Å²) in [5.74, 6) is 0.516. The topological polar surface area (TPSA) is 62.3 Å². The minimum Gasteiger partial charge on any atom is -0.312 e. The number of carbonyl (C=O) groups excluding carboxylic acids is 2. The van der Waals surface area contributed by atoms with Crippen molar-refractivity contribution in [2.45, 2.75) is 58.3 Å². The second kappa shape index (κ2) is 8.43. The fourth-order valence-corrected chi connectivity index (χ4v) is 4.97. The standard InChI is InChI=1S/C22H27N3O2S/c1-2-6-20(26)24-22-23-18(14-28-22)16-9-10-19-17(13-16)11-12-25(19)21(27)15-7-4-3-5-8-15/h9-10,13-15H,2-8,11-12H2,1H3,(H,23,24,26). The van der Waals surface area contributed by atoms with Crippen LogP contribution in [0.25, 0.3) is 11.3 Å². The lowest BCUT2D eigenvalue weighted by Gasteiger charge is -2.26. The van der Waals surface area contributed by atoms with E-state index in [0.717, 1.165) is 49.2 Å². The summed E-state index contributed by atoms with van der Waals surface area (Å²) in [5, 5.41) is 5.48. The van der Waals surface area contributed by atoms with Gasteiger partial charge in [0.2, 0.25) is 11.8 Å². The number of rotatable bonds is 5. The van der Waals surface area contributed by atoms with Gasteiger partial charge in [-0.3, -0.25) is 9.59 Å². The second-order valence-corrected chi connectivity index (χ2v) is 8.61. The highest BCUT2D eigenvalue weighted by Crippen LogP contribution is 2.36. The Kier molecular flexibility index (Phi) is 5.76. The highest BCUT2D eigenvalue weighted by atomic mass is 32.1. The molecule has 2 aliphatic rings. The van der Waals surface area contributed by atoms with Gasteiger partial charge < -0.3 is 10.2 Å². The molecule has 0 spiro atoms. The summed E-state index contributed by atoms with van der Waals surface area (Å²) in [6, 6.07) is 6.25. The van der Waals surface area contributed by atoms with Crippen LogP contribution in [0.5, 0.6) is 0 Å².